The zero-order valence-corrected chi connectivity index (χ0v) is 11.2. The van der Waals surface area contributed by atoms with Gasteiger partial charge in [-0.05, 0) is 36.5 Å². The van der Waals surface area contributed by atoms with Crippen LogP contribution in [0, 0.1) is 5.92 Å². The summed E-state index contributed by atoms with van der Waals surface area (Å²) in [5.41, 5.74) is 1.98. The molecule has 0 aliphatic heterocycles. The van der Waals surface area contributed by atoms with E-state index in [0.717, 1.165) is 24.7 Å². The van der Waals surface area contributed by atoms with Gasteiger partial charge in [0, 0.05) is 24.7 Å². The quantitative estimate of drug-likeness (QED) is 0.809. The van der Waals surface area contributed by atoms with Crippen LogP contribution < -0.4 is 10.6 Å². The third kappa shape index (κ3) is 4.15. The molecule has 0 radical (unpaired) electrons. The van der Waals surface area contributed by atoms with Gasteiger partial charge in [-0.1, -0.05) is 26.0 Å². The second kappa shape index (κ2) is 6.01. The molecule has 1 saturated carbocycles. The summed E-state index contributed by atoms with van der Waals surface area (Å²) in [5.74, 6) is 0.501. The SMILES string of the molecule is CC(C)CNC(=O)c1ccc(CNC2CC2)cc1. The van der Waals surface area contributed by atoms with E-state index in [1.165, 1.54) is 18.4 Å². The van der Waals surface area contributed by atoms with Crippen molar-refractivity contribution in [3.05, 3.63) is 35.4 Å². The Morgan fingerprint density at radius 1 is 1.28 bits per heavy atom. The average molecular weight is 246 g/mol. The number of hydrogen-bond acceptors (Lipinski definition) is 2. The summed E-state index contributed by atoms with van der Waals surface area (Å²) in [5, 5.41) is 6.38. The fourth-order valence-corrected chi connectivity index (χ4v) is 1.72. The minimum Gasteiger partial charge on any atom is -0.352 e. The minimum atomic E-state index is 0.0189. The van der Waals surface area contributed by atoms with Crippen LogP contribution in [0.2, 0.25) is 0 Å². The molecule has 0 atom stereocenters. The highest BCUT2D eigenvalue weighted by Crippen LogP contribution is 2.19. The van der Waals surface area contributed by atoms with E-state index in [1.54, 1.807) is 0 Å². The molecule has 1 aliphatic carbocycles. The number of rotatable bonds is 6. The van der Waals surface area contributed by atoms with Crippen molar-refractivity contribution in [1.29, 1.82) is 0 Å². The van der Waals surface area contributed by atoms with Crippen LogP contribution >= 0.6 is 0 Å². The van der Waals surface area contributed by atoms with Crippen molar-refractivity contribution in [1.82, 2.24) is 10.6 Å². The van der Waals surface area contributed by atoms with Crippen molar-refractivity contribution in [2.24, 2.45) is 5.92 Å². The molecule has 0 spiro atoms. The molecule has 1 aromatic carbocycles. The van der Waals surface area contributed by atoms with Crippen LogP contribution in [0.4, 0.5) is 0 Å². The van der Waals surface area contributed by atoms with Crippen LogP contribution in [-0.4, -0.2) is 18.5 Å². The molecule has 98 valence electrons. The lowest BCUT2D eigenvalue weighted by Gasteiger charge is -2.08. The molecule has 1 fully saturated rings. The second-order valence-electron chi connectivity index (χ2n) is 5.46. The third-order valence-corrected chi connectivity index (χ3v) is 3.06. The molecule has 2 rings (SSSR count). The van der Waals surface area contributed by atoms with Gasteiger partial charge in [0.1, 0.15) is 0 Å². The van der Waals surface area contributed by atoms with E-state index in [0.29, 0.717) is 5.92 Å². The number of amides is 1. The van der Waals surface area contributed by atoms with Gasteiger partial charge in [0.05, 0.1) is 0 Å². The molecule has 18 heavy (non-hydrogen) atoms. The molecule has 1 aromatic rings. The first-order valence-corrected chi connectivity index (χ1v) is 6.75. The maximum absolute atomic E-state index is 11.8. The molecule has 3 nitrogen and oxygen atoms in total. The lowest BCUT2D eigenvalue weighted by atomic mass is 10.1. The van der Waals surface area contributed by atoms with Crippen molar-refractivity contribution in [2.75, 3.05) is 6.54 Å². The fourth-order valence-electron chi connectivity index (χ4n) is 1.72. The topological polar surface area (TPSA) is 41.1 Å². The van der Waals surface area contributed by atoms with E-state index in [4.69, 9.17) is 0 Å². The zero-order valence-electron chi connectivity index (χ0n) is 11.2. The number of carbonyl (C=O) groups excluding carboxylic acids is 1. The predicted octanol–water partition coefficient (Wildman–Crippen LogP) is 2.32. The Labute approximate surface area is 109 Å². The fraction of sp³-hybridized carbons (Fsp3) is 0.533. The number of nitrogens with one attached hydrogen (secondary N) is 2. The van der Waals surface area contributed by atoms with Gasteiger partial charge in [0.2, 0.25) is 0 Å². The molecule has 0 saturated heterocycles. The monoisotopic (exact) mass is 246 g/mol. The lowest BCUT2D eigenvalue weighted by molar-refractivity contribution is 0.0949. The van der Waals surface area contributed by atoms with Crippen LogP contribution in [0.25, 0.3) is 0 Å². The predicted molar refractivity (Wildman–Crippen MR) is 73.5 cm³/mol. The first kappa shape index (κ1) is 13.1. The van der Waals surface area contributed by atoms with Crippen molar-refractivity contribution < 1.29 is 4.79 Å². The molecule has 2 N–H and O–H groups in total. The number of hydrogen-bond donors (Lipinski definition) is 2. The largest absolute Gasteiger partial charge is 0.352 e. The van der Waals surface area contributed by atoms with Crippen LogP contribution in [0.3, 0.4) is 0 Å². The van der Waals surface area contributed by atoms with Gasteiger partial charge in [-0.15, -0.1) is 0 Å². The summed E-state index contributed by atoms with van der Waals surface area (Å²) in [7, 11) is 0. The maximum atomic E-state index is 11.8. The molecule has 1 aliphatic rings. The van der Waals surface area contributed by atoms with Crippen LogP contribution in [0.5, 0.6) is 0 Å². The Balaban J connectivity index is 1.83. The van der Waals surface area contributed by atoms with Crippen molar-refractivity contribution >= 4 is 5.91 Å². The van der Waals surface area contributed by atoms with Crippen molar-refractivity contribution in [3.63, 3.8) is 0 Å². The Kier molecular flexibility index (Phi) is 4.37. The molecule has 0 heterocycles. The summed E-state index contributed by atoms with van der Waals surface area (Å²) in [4.78, 5) is 11.8. The highest BCUT2D eigenvalue weighted by molar-refractivity contribution is 5.94. The van der Waals surface area contributed by atoms with Gasteiger partial charge < -0.3 is 10.6 Å². The highest BCUT2D eigenvalue weighted by atomic mass is 16.1. The second-order valence-corrected chi connectivity index (χ2v) is 5.46. The van der Waals surface area contributed by atoms with Crippen molar-refractivity contribution in [3.8, 4) is 0 Å². The summed E-state index contributed by atoms with van der Waals surface area (Å²) < 4.78 is 0. The average Bonchev–Trinajstić information content (AvgIpc) is 3.18. The summed E-state index contributed by atoms with van der Waals surface area (Å²) >= 11 is 0. The molecular weight excluding hydrogens is 224 g/mol. The van der Waals surface area contributed by atoms with Crippen LogP contribution in [-0.2, 0) is 6.54 Å². The van der Waals surface area contributed by atoms with E-state index in [9.17, 15) is 4.79 Å². The number of benzene rings is 1. The molecule has 0 aromatic heterocycles. The van der Waals surface area contributed by atoms with E-state index < -0.39 is 0 Å². The normalized spacial score (nSPS) is 14.8. The van der Waals surface area contributed by atoms with Gasteiger partial charge >= 0.3 is 0 Å². The van der Waals surface area contributed by atoms with E-state index >= 15 is 0 Å². The van der Waals surface area contributed by atoms with Gasteiger partial charge in [-0.25, -0.2) is 0 Å². The first-order chi connectivity index (χ1) is 8.65. The molecule has 1 amide bonds. The third-order valence-electron chi connectivity index (χ3n) is 3.06. The van der Waals surface area contributed by atoms with Gasteiger partial charge in [-0.2, -0.15) is 0 Å². The molecule has 0 bridgehead atoms. The maximum Gasteiger partial charge on any atom is 0.251 e. The van der Waals surface area contributed by atoms with Crippen molar-refractivity contribution in [2.45, 2.75) is 39.3 Å². The van der Waals surface area contributed by atoms with Crippen LogP contribution in [0.1, 0.15) is 42.6 Å². The zero-order chi connectivity index (χ0) is 13.0. The molecule has 3 heteroatoms. The van der Waals surface area contributed by atoms with E-state index in [-0.39, 0.29) is 5.91 Å². The minimum absolute atomic E-state index is 0.0189. The van der Waals surface area contributed by atoms with Gasteiger partial charge in [0.15, 0.2) is 0 Å². The summed E-state index contributed by atoms with van der Waals surface area (Å²) in [6.07, 6.45) is 2.60. The summed E-state index contributed by atoms with van der Waals surface area (Å²) in [6.45, 7) is 5.81. The molecular formula is C15H22N2O. The highest BCUT2D eigenvalue weighted by Gasteiger charge is 2.19. The van der Waals surface area contributed by atoms with E-state index in [2.05, 4.69) is 24.5 Å². The van der Waals surface area contributed by atoms with Crippen LogP contribution in [0.15, 0.2) is 24.3 Å². The lowest BCUT2D eigenvalue weighted by Crippen LogP contribution is -2.27. The Morgan fingerprint density at radius 2 is 1.94 bits per heavy atom. The number of carbonyl (C=O) groups is 1. The van der Waals surface area contributed by atoms with Gasteiger partial charge in [0.25, 0.3) is 5.91 Å². The summed E-state index contributed by atoms with van der Waals surface area (Å²) in [6, 6.07) is 8.58. The first-order valence-electron chi connectivity index (χ1n) is 6.75. The Morgan fingerprint density at radius 3 is 2.50 bits per heavy atom. The Hall–Kier alpha value is -1.35. The molecule has 0 unspecified atom stereocenters. The van der Waals surface area contributed by atoms with Gasteiger partial charge in [-0.3, -0.25) is 4.79 Å². The Bertz CT molecular complexity index is 393. The smallest absolute Gasteiger partial charge is 0.251 e. The standard InChI is InChI=1S/C15H22N2O/c1-11(2)9-17-15(18)13-5-3-12(4-6-13)10-16-14-7-8-14/h3-6,11,14,16H,7-10H2,1-2H3,(H,17,18). The van der Waals surface area contributed by atoms with E-state index in [1.807, 2.05) is 24.3 Å².